The van der Waals surface area contributed by atoms with Gasteiger partial charge in [0.25, 0.3) is 0 Å². The van der Waals surface area contributed by atoms with Crippen molar-refractivity contribution < 1.29 is 93.9 Å². The molecule has 0 aliphatic carbocycles. The molecular weight excluding hydrogens is 158 g/mol. The Morgan fingerprint density at radius 2 is 1.14 bits per heavy atom. The van der Waals surface area contributed by atoms with Gasteiger partial charge in [-0.3, -0.25) is 0 Å². The summed E-state index contributed by atoms with van der Waals surface area (Å²) in [4.78, 5) is 0. The molecule has 32 valence electrons. The van der Waals surface area contributed by atoms with Gasteiger partial charge in [-0.25, -0.2) is 0 Å². The summed E-state index contributed by atoms with van der Waals surface area (Å²) in [6.07, 6.45) is 0. The van der Waals surface area contributed by atoms with Gasteiger partial charge in [0.05, 0.1) is 0 Å². The van der Waals surface area contributed by atoms with Crippen LogP contribution in [-0.2, 0) is 21.9 Å². The Hall–Kier alpha value is 2.39. The molecule has 0 saturated heterocycles. The molecule has 0 bridgehead atoms. The van der Waals surface area contributed by atoms with Crippen LogP contribution in [0.2, 0.25) is 0 Å². The van der Waals surface area contributed by atoms with E-state index in [-0.39, 0.29) is 64.6 Å². The zero-order valence-electron chi connectivity index (χ0n) is 4.22. The normalized spacial score (nSPS) is 3.71. The number of hydrogen-bond donors (Lipinski definition) is 0. The zero-order chi connectivity index (χ0) is 3.58. The van der Waals surface area contributed by atoms with E-state index in [4.69, 9.17) is 10.7 Å². The first-order valence-corrected chi connectivity index (χ1v) is 2.52. The second-order valence-corrected chi connectivity index (χ2v) is 1.03. The first-order chi connectivity index (χ1) is 1.73. The number of rotatable bonds is 0. The summed E-state index contributed by atoms with van der Waals surface area (Å²) in [7, 11) is 0. The predicted molar refractivity (Wildman–Crippen MR) is 4.30 cm³/mol. The maximum absolute atomic E-state index is 8.58. The molecule has 0 spiro atoms. The van der Waals surface area contributed by atoms with E-state index in [1.165, 1.54) is 0 Å². The van der Waals surface area contributed by atoms with Crippen LogP contribution < -0.4 is 66.5 Å². The van der Waals surface area contributed by atoms with Crippen LogP contribution in [0.1, 0.15) is 0 Å². The Kier molecular flexibility index (Phi) is 51.3. The Labute approximate surface area is 92.3 Å². The Bertz CT molecular complexity index is 32.7. The monoisotopic (exact) mass is 160 g/mol. The maximum atomic E-state index is 8.58. The molecule has 0 saturated carbocycles. The zero-order valence-corrected chi connectivity index (χ0v) is 9.79. The van der Waals surface area contributed by atoms with E-state index in [2.05, 4.69) is 0 Å². The summed E-state index contributed by atoms with van der Waals surface area (Å²) < 4.78 is 25.8. The Morgan fingerprint density at radius 1 is 1.14 bits per heavy atom. The molecule has 4 nitrogen and oxygen atoms in total. The van der Waals surface area contributed by atoms with Crippen LogP contribution in [0, 0.1) is 0 Å². The molecule has 0 aromatic rings. The molecule has 0 radical (unpaired) electrons. The van der Waals surface area contributed by atoms with Gasteiger partial charge in [-0.15, -0.1) is 0 Å². The quantitative estimate of drug-likeness (QED) is 0.329. The van der Waals surface area contributed by atoms with E-state index in [1.54, 1.807) is 0 Å². The molecule has 7 heteroatoms. The van der Waals surface area contributed by atoms with Gasteiger partial charge in [-0.2, -0.15) is 0 Å². The van der Waals surface area contributed by atoms with Gasteiger partial charge < -0.3 is 5.48 Å². The van der Waals surface area contributed by atoms with Crippen molar-refractivity contribution in [3.05, 3.63) is 0 Å². The van der Waals surface area contributed by atoms with E-state index in [9.17, 15) is 0 Å². The molecular formula is H2Na2O4Ti. The van der Waals surface area contributed by atoms with Crippen LogP contribution >= 0.6 is 0 Å². The van der Waals surface area contributed by atoms with Crippen molar-refractivity contribution >= 4 is 0 Å². The molecule has 0 amide bonds. The van der Waals surface area contributed by atoms with E-state index >= 15 is 0 Å². The molecule has 0 aliphatic heterocycles. The third-order valence-electron chi connectivity index (χ3n) is 0. The fourth-order valence-electron chi connectivity index (χ4n) is 0. The van der Waals surface area contributed by atoms with E-state index in [1.807, 2.05) is 0 Å². The van der Waals surface area contributed by atoms with Crippen LogP contribution in [0.4, 0.5) is 0 Å². The molecule has 0 atom stereocenters. The first kappa shape index (κ1) is 22.7. The number of hydrogen-bond acceptors (Lipinski definition) is 3. The molecule has 0 aliphatic rings. The topological polar surface area (TPSA) is 94.7 Å². The second kappa shape index (κ2) is 15.8. The molecule has 2 N–H and O–H groups in total. The van der Waals surface area contributed by atoms with Crippen molar-refractivity contribution in [3.8, 4) is 0 Å². The van der Waals surface area contributed by atoms with Gasteiger partial charge in [0.2, 0.25) is 0 Å². The molecule has 0 aromatic heterocycles. The third-order valence-corrected chi connectivity index (χ3v) is 0. The average Bonchev–Trinajstić information content (AvgIpc) is 0.811. The Balaban J connectivity index is -0.0000000150. The van der Waals surface area contributed by atoms with Crippen LogP contribution in [-0.4, -0.2) is 5.48 Å². The predicted octanol–water partition coefficient (Wildman–Crippen LogP) is -9.32. The molecule has 0 unspecified atom stereocenters. The van der Waals surface area contributed by atoms with Crippen LogP contribution in [0.25, 0.3) is 0 Å². The minimum absolute atomic E-state index is 0. The van der Waals surface area contributed by atoms with Gasteiger partial charge in [0.1, 0.15) is 0 Å². The van der Waals surface area contributed by atoms with Crippen LogP contribution in [0.3, 0.4) is 0 Å². The molecule has 0 aromatic carbocycles. The summed E-state index contributed by atoms with van der Waals surface area (Å²) in [5, 5.41) is 0. The summed E-state index contributed by atoms with van der Waals surface area (Å²) in [6, 6.07) is 0. The minimum atomic E-state index is -4.08. The van der Waals surface area contributed by atoms with Crippen molar-refractivity contribution in [2.45, 2.75) is 0 Å². The third kappa shape index (κ3) is 59.9. The van der Waals surface area contributed by atoms with Gasteiger partial charge in [0, 0.05) is 0 Å². The van der Waals surface area contributed by atoms with Crippen molar-refractivity contribution in [1.82, 2.24) is 0 Å². The van der Waals surface area contributed by atoms with E-state index in [0.29, 0.717) is 0 Å². The van der Waals surface area contributed by atoms with Gasteiger partial charge in [0.15, 0.2) is 0 Å². The van der Waals surface area contributed by atoms with Gasteiger partial charge >= 0.3 is 88.4 Å². The SMILES string of the molecule is O.[Na+].[Na+].[O]=[Ti]([O-])[O-]. The average molecular weight is 160 g/mol. The van der Waals surface area contributed by atoms with Gasteiger partial charge in [-0.1, -0.05) is 0 Å². The first-order valence-electron chi connectivity index (χ1n) is 0.612. The fraction of sp³-hybridized carbons (Fsp3) is 0. The van der Waals surface area contributed by atoms with Crippen LogP contribution in [0.5, 0.6) is 0 Å². The molecule has 0 fully saturated rings. The summed E-state index contributed by atoms with van der Waals surface area (Å²) >= 11 is -4.08. The summed E-state index contributed by atoms with van der Waals surface area (Å²) in [6.45, 7) is 0. The van der Waals surface area contributed by atoms with E-state index < -0.39 is 18.6 Å². The molecule has 0 rings (SSSR count). The molecule has 0 heterocycles. The van der Waals surface area contributed by atoms with Crippen molar-refractivity contribution in [2.75, 3.05) is 0 Å². The Morgan fingerprint density at radius 3 is 1.14 bits per heavy atom. The van der Waals surface area contributed by atoms with E-state index in [0.717, 1.165) is 0 Å². The van der Waals surface area contributed by atoms with Crippen molar-refractivity contribution in [3.63, 3.8) is 0 Å². The molecule has 7 heavy (non-hydrogen) atoms. The fourth-order valence-corrected chi connectivity index (χ4v) is 0. The standard InChI is InChI=1S/2Na.H2O.3O.Ti/h;;1H2;;;;/q2*+1;;;2*-1;. The van der Waals surface area contributed by atoms with Crippen molar-refractivity contribution in [1.29, 1.82) is 0 Å². The summed E-state index contributed by atoms with van der Waals surface area (Å²) in [5.41, 5.74) is 0. The second-order valence-electron chi connectivity index (χ2n) is 0.250. The van der Waals surface area contributed by atoms with Crippen LogP contribution in [0.15, 0.2) is 0 Å². The van der Waals surface area contributed by atoms with Crippen molar-refractivity contribution in [2.24, 2.45) is 0 Å². The summed E-state index contributed by atoms with van der Waals surface area (Å²) in [5.74, 6) is 0. The van der Waals surface area contributed by atoms with Gasteiger partial charge in [-0.05, 0) is 0 Å².